The van der Waals surface area contributed by atoms with Crippen LogP contribution in [0, 0.1) is 29.6 Å². The molecule has 2 nitrogen and oxygen atoms in total. The maximum absolute atomic E-state index is 6.23. The SMILES string of the molecule is NCC1(NCC(C2CC2)C2CC2)CCCC(C2CC2)C1. The van der Waals surface area contributed by atoms with Crippen LogP contribution in [0.5, 0.6) is 0 Å². The van der Waals surface area contributed by atoms with Gasteiger partial charge in [0.15, 0.2) is 0 Å². The molecule has 0 aromatic carbocycles. The van der Waals surface area contributed by atoms with Crippen LogP contribution in [0.4, 0.5) is 0 Å². The summed E-state index contributed by atoms with van der Waals surface area (Å²) in [4.78, 5) is 0. The van der Waals surface area contributed by atoms with Gasteiger partial charge in [-0.05, 0) is 87.5 Å². The van der Waals surface area contributed by atoms with E-state index in [0.717, 1.165) is 36.1 Å². The van der Waals surface area contributed by atoms with Crippen LogP contribution in [0.3, 0.4) is 0 Å². The zero-order valence-electron chi connectivity index (χ0n) is 12.9. The van der Waals surface area contributed by atoms with Gasteiger partial charge in [-0.25, -0.2) is 0 Å². The summed E-state index contributed by atoms with van der Waals surface area (Å²) in [7, 11) is 0. The van der Waals surface area contributed by atoms with Crippen LogP contribution in [0.1, 0.15) is 64.2 Å². The fourth-order valence-corrected chi connectivity index (χ4v) is 4.90. The van der Waals surface area contributed by atoms with Crippen molar-refractivity contribution >= 4 is 0 Å². The van der Waals surface area contributed by atoms with Crippen molar-refractivity contribution in [3.63, 3.8) is 0 Å². The first-order valence-corrected chi connectivity index (χ1v) is 9.25. The lowest BCUT2D eigenvalue weighted by Gasteiger charge is -2.42. The van der Waals surface area contributed by atoms with Crippen LogP contribution in [-0.4, -0.2) is 18.6 Å². The molecule has 3 N–H and O–H groups in total. The average molecular weight is 276 g/mol. The molecule has 114 valence electrons. The van der Waals surface area contributed by atoms with Crippen LogP contribution in [0.2, 0.25) is 0 Å². The smallest absolute Gasteiger partial charge is 0.0306 e. The minimum atomic E-state index is 0.299. The van der Waals surface area contributed by atoms with Gasteiger partial charge in [0, 0.05) is 12.1 Å². The van der Waals surface area contributed by atoms with Crippen LogP contribution < -0.4 is 11.1 Å². The minimum absolute atomic E-state index is 0.299. The van der Waals surface area contributed by atoms with Crippen molar-refractivity contribution in [2.75, 3.05) is 13.1 Å². The quantitative estimate of drug-likeness (QED) is 0.748. The lowest BCUT2D eigenvalue weighted by Crippen LogP contribution is -2.55. The van der Waals surface area contributed by atoms with Crippen LogP contribution in [0.15, 0.2) is 0 Å². The molecular formula is C18H32N2. The second-order valence-electron chi connectivity index (χ2n) is 8.40. The normalized spacial score (nSPS) is 38.4. The van der Waals surface area contributed by atoms with Crippen molar-refractivity contribution in [3.8, 4) is 0 Å². The molecule has 0 spiro atoms. The highest BCUT2D eigenvalue weighted by Gasteiger charge is 2.44. The largest absolute Gasteiger partial charge is 0.329 e. The number of hydrogen-bond acceptors (Lipinski definition) is 2. The van der Waals surface area contributed by atoms with Crippen molar-refractivity contribution < 1.29 is 0 Å². The van der Waals surface area contributed by atoms with E-state index in [4.69, 9.17) is 5.73 Å². The Morgan fingerprint density at radius 1 is 0.950 bits per heavy atom. The zero-order valence-corrected chi connectivity index (χ0v) is 12.9. The van der Waals surface area contributed by atoms with Gasteiger partial charge in [0.25, 0.3) is 0 Å². The molecule has 4 saturated carbocycles. The van der Waals surface area contributed by atoms with Crippen LogP contribution >= 0.6 is 0 Å². The van der Waals surface area contributed by atoms with Crippen molar-refractivity contribution in [2.24, 2.45) is 35.3 Å². The minimum Gasteiger partial charge on any atom is -0.329 e. The molecule has 4 rings (SSSR count). The van der Waals surface area contributed by atoms with E-state index in [0.29, 0.717) is 5.54 Å². The van der Waals surface area contributed by atoms with E-state index in [1.165, 1.54) is 70.8 Å². The lowest BCUT2D eigenvalue weighted by atomic mass is 9.73. The van der Waals surface area contributed by atoms with Gasteiger partial charge in [0.2, 0.25) is 0 Å². The third kappa shape index (κ3) is 2.92. The van der Waals surface area contributed by atoms with E-state index < -0.39 is 0 Å². The molecule has 4 fully saturated rings. The van der Waals surface area contributed by atoms with E-state index in [9.17, 15) is 0 Å². The van der Waals surface area contributed by atoms with Gasteiger partial charge in [-0.3, -0.25) is 0 Å². The predicted molar refractivity (Wildman–Crippen MR) is 83.4 cm³/mol. The highest BCUT2D eigenvalue weighted by Crippen LogP contribution is 2.50. The zero-order chi connectivity index (χ0) is 13.6. The molecule has 0 bridgehead atoms. The van der Waals surface area contributed by atoms with Crippen LogP contribution in [0.25, 0.3) is 0 Å². The molecule has 0 heterocycles. The van der Waals surface area contributed by atoms with Gasteiger partial charge < -0.3 is 11.1 Å². The summed E-state index contributed by atoms with van der Waals surface area (Å²) < 4.78 is 0. The fourth-order valence-electron chi connectivity index (χ4n) is 4.90. The second-order valence-corrected chi connectivity index (χ2v) is 8.40. The van der Waals surface area contributed by atoms with E-state index in [1.54, 1.807) is 0 Å². The first-order chi connectivity index (χ1) is 9.80. The topological polar surface area (TPSA) is 38.0 Å². The molecule has 0 amide bonds. The first kappa shape index (κ1) is 13.6. The molecule has 0 aromatic heterocycles. The van der Waals surface area contributed by atoms with Crippen molar-refractivity contribution in [1.29, 1.82) is 0 Å². The monoisotopic (exact) mass is 276 g/mol. The number of hydrogen-bond donors (Lipinski definition) is 2. The first-order valence-electron chi connectivity index (χ1n) is 9.25. The van der Waals surface area contributed by atoms with E-state index in [1.807, 2.05) is 0 Å². The molecule has 2 atom stereocenters. The number of nitrogens with two attached hydrogens (primary N) is 1. The molecule has 0 saturated heterocycles. The highest BCUT2D eigenvalue weighted by molar-refractivity contribution is 5.00. The molecule has 0 radical (unpaired) electrons. The van der Waals surface area contributed by atoms with E-state index in [-0.39, 0.29) is 0 Å². The Hall–Kier alpha value is -0.0800. The highest BCUT2D eigenvalue weighted by atomic mass is 15.0. The Balaban J connectivity index is 1.36. The molecule has 20 heavy (non-hydrogen) atoms. The third-order valence-corrected chi connectivity index (χ3v) is 6.73. The Morgan fingerprint density at radius 3 is 2.20 bits per heavy atom. The molecule has 2 unspecified atom stereocenters. The second kappa shape index (κ2) is 5.28. The standard InChI is InChI=1S/C18H32N2/c19-12-18(9-1-2-16(10-18)13-3-4-13)20-11-17(14-5-6-14)15-7-8-15/h13-17,20H,1-12,19H2. The Bertz CT molecular complexity index is 331. The van der Waals surface area contributed by atoms with Crippen molar-refractivity contribution in [1.82, 2.24) is 5.32 Å². The summed E-state index contributed by atoms with van der Waals surface area (Å²) >= 11 is 0. The van der Waals surface area contributed by atoms with Crippen molar-refractivity contribution in [3.05, 3.63) is 0 Å². The summed E-state index contributed by atoms with van der Waals surface area (Å²) in [6.45, 7) is 2.13. The van der Waals surface area contributed by atoms with Gasteiger partial charge in [-0.2, -0.15) is 0 Å². The Morgan fingerprint density at radius 2 is 1.65 bits per heavy atom. The van der Waals surface area contributed by atoms with Gasteiger partial charge >= 0.3 is 0 Å². The van der Waals surface area contributed by atoms with E-state index in [2.05, 4.69) is 5.32 Å². The molecule has 2 heteroatoms. The molecule has 0 aliphatic heterocycles. The Kier molecular flexibility index (Phi) is 3.58. The van der Waals surface area contributed by atoms with Gasteiger partial charge in [0.05, 0.1) is 0 Å². The van der Waals surface area contributed by atoms with E-state index >= 15 is 0 Å². The van der Waals surface area contributed by atoms with Gasteiger partial charge in [0.1, 0.15) is 0 Å². The Labute approximate surface area is 124 Å². The predicted octanol–water partition coefficient (Wildman–Crippen LogP) is 3.31. The molecular weight excluding hydrogens is 244 g/mol. The summed E-state index contributed by atoms with van der Waals surface area (Å²) in [5.41, 5.74) is 6.53. The van der Waals surface area contributed by atoms with Gasteiger partial charge in [-0.15, -0.1) is 0 Å². The summed E-state index contributed by atoms with van der Waals surface area (Å²) in [5.74, 6) is 5.16. The average Bonchev–Trinajstić information content (AvgIpc) is 3.27. The lowest BCUT2D eigenvalue weighted by molar-refractivity contribution is 0.158. The van der Waals surface area contributed by atoms with Crippen LogP contribution in [-0.2, 0) is 0 Å². The molecule has 0 aromatic rings. The summed E-state index contributed by atoms with van der Waals surface area (Å²) in [6, 6.07) is 0. The summed E-state index contributed by atoms with van der Waals surface area (Å²) in [6.07, 6.45) is 14.6. The number of rotatable bonds is 7. The fraction of sp³-hybridized carbons (Fsp3) is 1.00. The molecule has 4 aliphatic rings. The van der Waals surface area contributed by atoms with Crippen molar-refractivity contribution in [2.45, 2.75) is 69.7 Å². The molecule has 4 aliphatic carbocycles. The third-order valence-electron chi connectivity index (χ3n) is 6.73. The maximum Gasteiger partial charge on any atom is 0.0306 e. The van der Waals surface area contributed by atoms with Gasteiger partial charge in [-0.1, -0.05) is 12.8 Å². The maximum atomic E-state index is 6.23. The number of nitrogens with one attached hydrogen (secondary N) is 1. The summed E-state index contributed by atoms with van der Waals surface area (Å²) in [5, 5.41) is 4.02.